The highest BCUT2D eigenvalue weighted by molar-refractivity contribution is 6.08. The maximum atomic E-state index is 11.6. The first-order valence-corrected chi connectivity index (χ1v) is 4.59. The van der Waals surface area contributed by atoms with Crippen molar-refractivity contribution in [3.05, 3.63) is 0 Å². The average Bonchev–Trinajstić information content (AvgIpc) is 2.30. The van der Waals surface area contributed by atoms with Gasteiger partial charge in [-0.25, -0.2) is 0 Å². The Bertz CT molecular complexity index is 320. The second-order valence-electron chi connectivity index (χ2n) is 5.00. The molecule has 4 saturated carbocycles. The Morgan fingerprint density at radius 3 is 2.33 bits per heavy atom. The number of rotatable bonds is 0. The van der Waals surface area contributed by atoms with Crippen LogP contribution >= 0.6 is 0 Å². The summed E-state index contributed by atoms with van der Waals surface area (Å²) in [5, 5.41) is 0. The lowest BCUT2D eigenvalue weighted by Crippen LogP contribution is -2.46. The van der Waals surface area contributed by atoms with E-state index in [1.165, 1.54) is 0 Å². The maximum Gasteiger partial charge on any atom is 0.143 e. The predicted molar refractivity (Wildman–Crippen MR) is 42.4 cm³/mol. The highest BCUT2D eigenvalue weighted by atomic mass is 16.1. The second-order valence-corrected chi connectivity index (χ2v) is 5.00. The molecule has 4 aliphatic carbocycles. The third-order valence-corrected chi connectivity index (χ3v) is 4.71. The van der Waals surface area contributed by atoms with Crippen molar-refractivity contribution < 1.29 is 9.59 Å². The first-order valence-electron chi connectivity index (χ1n) is 4.59. The number of hydrogen-bond acceptors (Lipinski definition) is 2. The van der Waals surface area contributed by atoms with Crippen LogP contribution in [0, 0.1) is 22.7 Å². The Balaban J connectivity index is 2.15. The molecule has 2 nitrogen and oxygen atoms in total. The quantitative estimate of drug-likeness (QED) is 0.539. The molecule has 0 aromatic heterocycles. The van der Waals surface area contributed by atoms with Gasteiger partial charge in [-0.15, -0.1) is 0 Å². The molecule has 0 N–H and O–H groups in total. The molecule has 2 bridgehead atoms. The van der Waals surface area contributed by atoms with E-state index < -0.39 is 0 Å². The van der Waals surface area contributed by atoms with Gasteiger partial charge in [0.05, 0.1) is 0 Å². The molecule has 64 valence electrons. The monoisotopic (exact) mass is 164 g/mol. The molecule has 0 heterocycles. The molecule has 4 fully saturated rings. The summed E-state index contributed by atoms with van der Waals surface area (Å²) in [6.07, 6.45) is 1.63. The SMILES string of the molecule is C[C@]12C(=O)C[C@H]1[C@]1(C)C[C@H]2C1=O. The van der Waals surface area contributed by atoms with Gasteiger partial charge in [0.25, 0.3) is 0 Å². The van der Waals surface area contributed by atoms with Crippen molar-refractivity contribution in [2.75, 3.05) is 0 Å². The molecule has 0 amide bonds. The molecule has 0 spiro atoms. The van der Waals surface area contributed by atoms with E-state index in [2.05, 4.69) is 0 Å². The fraction of sp³-hybridized carbons (Fsp3) is 0.800. The largest absolute Gasteiger partial charge is 0.299 e. The van der Waals surface area contributed by atoms with Crippen molar-refractivity contribution in [3.63, 3.8) is 0 Å². The van der Waals surface area contributed by atoms with Crippen molar-refractivity contribution in [2.24, 2.45) is 22.7 Å². The van der Waals surface area contributed by atoms with Crippen LogP contribution in [0.5, 0.6) is 0 Å². The predicted octanol–water partition coefficient (Wildman–Crippen LogP) is 1.19. The molecule has 0 unspecified atom stereocenters. The van der Waals surface area contributed by atoms with Crippen LogP contribution in [0.25, 0.3) is 0 Å². The third-order valence-electron chi connectivity index (χ3n) is 4.71. The van der Waals surface area contributed by atoms with E-state index in [0.717, 1.165) is 6.42 Å². The van der Waals surface area contributed by atoms with Gasteiger partial charge in [-0.05, 0) is 12.3 Å². The van der Waals surface area contributed by atoms with E-state index in [4.69, 9.17) is 0 Å². The van der Waals surface area contributed by atoms with Gasteiger partial charge in [0.2, 0.25) is 0 Å². The fourth-order valence-corrected chi connectivity index (χ4v) is 3.69. The molecular weight excluding hydrogens is 152 g/mol. The molecule has 0 saturated heterocycles. The molecule has 0 aromatic carbocycles. The van der Waals surface area contributed by atoms with Gasteiger partial charge < -0.3 is 0 Å². The fourth-order valence-electron chi connectivity index (χ4n) is 3.69. The lowest BCUT2D eigenvalue weighted by atomic mass is 9.60. The van der Waals surface area contributed by atoms with E-state index in [9.17, 15) is 9.59 Å². The van der Waals surface area contributed by atoms with Gasteiger partial charge in [-0.3, -0.25) is 9.59 Å². The van der Waals surface area contributed by atoms with Crippen LogP contribution in [0.15, 0.2) is 0 Å². The second kappa shape index (κ2) is 1.40. The molecule has 0 aromatic rings. The number of ketones is 2. The van der Waals surface area contributed by atoms with Gasteiger partial charge in [-0.2, -0.15) is 0 Å². The number of hydrogen-bond donors (Lipinski definition) is 0. The number of Topliss-reactive ketones (excluding diaryl/α,β-unsaturated/α-hetero) is 2. The summed E-state index contributed by atoms with van der Waals surface area (Å²) in [5.74, 6) is 1.16. The Labute approximate surface area is 71.3 Å². The Hall–Kier alpha value is -0.660. The highest BCUT2D eigenvalue weighted by Gasteiger charge is 2.79. The van der Waals surface area contributed by atoms with Crippen molar-refractivity contribution in [3.8, 4) is 0 Å². The highest BCUT2D eigenvalue weighted by Crippen LogP contribution is 2.74. The summed E-state index contributed by atoms with van der Waals surface area (Å²) in [6, 6.07) is 0. The normalized spacial score (nSPS) is 60.8. The van der Waals surface area contributed by atoms with Crippen LogP contribution in [-0.2, 0) is 9.59 Å². The molecule has 2 heteroatoms. The van der Waals surface area contributed by atoms with Gasteiger partial charge >= 0.3 is 0 Å². The zero-order chi connectivity index (χ0) is 8.72. The van der Waals surface area contributed by atoms with Crippen molar-refractivity contribution in [1.82, 2.24) is 0 Å². The molecule has 4 rings (SSSR count). The minimum Gasteiger partial charge on any atom is -0.299 e. The zero-order valence-electron chi connectivity index (χ0n) is 7.39. The van der Waals surface area contributed by atoms with Gasteiger partial charge in [-0.1, -0.05) is 13.8 Å². The van der Waals surface area contributed by atoms with Crippen molar-refractivity contribution in [2.45, 2.75) is 26.7 Å². The van der Waals surface area contributed by atoms with E-state index in [-0.39, 0.29) is 16.7 Å². The standard InChI is InChI=1S/C10H12O2/c1-9-4-5(8(9)12)10(2)6(9)3-7(10)11/h5-6H,3-4H2,1-2H3/t5-,6-,9-,10+/m0/s1. The van der Waals surface area contributed by atoms with Crippen LogP contribution in [0.1, 0.15) is 26.7 Å². The van der Waals surface area contributed by atoms with Crippen LogP contribution in [0.4, 0.5) is 0 Å². The van der Waals surface area contributed by atoms with Crippen LogP contribution in [0.3, 0.4) is 0 Å². The van der Waals surface area contributed by atoms with Crippen molar-refractivity contribution in [1.29, 1.82) is 0 Å². The molecule has 0 radical (unpaired) electrons. The van der Waals surface area contributed by atoms with Crippen LogP contribution in [-0.4, -0.2) is 11.6 Å². The third kappa shape index (κ3) is 0.362. The van der Waals surface area contributed by atoms with Crippen LogP contribution < -0.4 is 0 Å². The van der Waals surface area contributed by atoms with Gasteiger partial charge in [0.15, 0.2) is 0 Å². The summed E-state index contributed by atoms with van der Waals surface area (Å²) >= 11 is 0. The summed E-state index contributed by atoms with van der Waals surface area (Å²) in [4.78, 5) is 23.0. The topological polar surface area (TPSA) is 34.1 Å². The smallest absolute Gasteiger partial charge is 0.143 e. The summed E-state index contributed by atoms with van der Waals surface area (Å²) in [7, 11) is 0. The Morgan fingerprint density at radius 2 is 2.00 bits per heavy atom. The molecular formula is C10H12O2. The van der Waals surface area contributed by atoms with E-state index >= 15 is 0 Å². The Morgan fingerprint density at radius 1 is 1.33 bits per heavy atom. The van der Waals surface area contributed by atoms with Crippen molar-refractivity contribution >= 4 is 11.6 Å². The van der Waals surface area contributed by atoms with E-state index in [1.54, 1.807) is 0 Å². The average molecular weight is 164 g/mol. The lowest BCUT2D eigenvalue weighted by molar-refractivity contribution is -0.144. The maximum absolute atomic E-state index is 11.6. The summed E-state index contributed by atoms with van der Waals surface area (Å²) in [6.45, 7) is 4.03. The van der Waals surface area contributed by atoms with E-state index in [0.29, 0.717) is 23.9 Å². The zero-order valence-corrected chi connectivity index (χ0v) is 7.39. The van der Waals surface area contributed by atoms with E-state index in [1.807, 2.05) is 13.8 Å². The number of carbonyl (C=O) groups excluding carboxylic acids is 2. The van der Waals surface area contributed by atoms with Gasteiger partial charge in [0.1, 0.15) is 11.6 Å². The minimum atomic E-state index is -0.230. The number of carbonyl (C=O) groups is 2. The van der Waals surface area contributed by atoms with Crippen LogP contribution in [0.2, 0.25) is 0 Å². The lowest BCUT2D eigenvalue weighted by Gasteiger charge is -2.40. The molecule has 12 heavy (non-hydrogen) atoms. The summed E-state index contributed by atoms with van der Waals surface area (Å²) < 4.78 is 0. The molecule has 4 atom stereocenters. The molecule has 4 aliphatic rings. The van der Waals surface area contributed by atoms with Gasteiger partial charge in [0, 0.05) is 23.2 Å². The minimum absolute atomic E-state index is 0.0914. The molecule has 0 aliphatic heterocycles. The first-order chi connectivity index (χ1) is 5.51. The Kier molecular flexibility index (Phi) is 0.798. The first kappa shape index (κ1) is 6.81. The summed E-state index contributed by atoms with van der Waals surface area (Å²) in [5.41, 5.74) is -0.334.